The zero-order valence-corrected chi connectivity index (χ0v) is 9.15. The molecule has 2 aromatic rings. The lowest BCUT2D eigenvalue weighted by Gasteiger charge is -1.98. The summed E-state index contributed by atoms with van der Waals surface area (Å²) < 4.78 is 6.30. The fourth-order valence-electron chi connectivity index (χ4n) is 0.965. The highest BCUT2D eigenvalue weighted by Gasteiger charge is 2.10. The summed E-state index contributed by atoms with van der Waals surface area (Å²) in [5.74, 6) is 1.04. The van der Waals surface area contributed by atoms with Crippen molar-refractivity contribution in [2.45, 2.75) is 17.8 Å². The van der Waals surface area contributed by atoms with Crippen LogP contribution in [0.4, 0.5) is 5.95 Å². The summed E-state index contributed by atoms with van der Waals surface area (Å²) in [4.78, 5) is 0. The maximum absolute atomic E-state index is 5.55. The molecule has 7 nitrogen and oxygen atoms in total. The maximum Gasteiger partial charge on any atom is 0.222 e. The first kappa shape index (κ1) is 9.97. The van der Waals surface area contributed by atoms with Crippen LogP contribution in [0.25, 0.3) is 0 Å². The molecule has 0 aliphatic heterocycles. The van der Waals surface area contributed by atoms with Gasteiger partial charge in [0.1, 0.15) is 11.4 Å². The molecule has 2 N–H and O–H groups in total. The normalized spacial score (nSPS) is 10.8. The molecule has 2 aromatic heterocycles. The van der Waals surface area contributed by atoms with Crippen LogP contribution < -0.4 is 5.73 Å². The van der Waals surface area contributed by atoms with Gasteiger partial charge in [-0.3, -0.25) is 4.57 Å². The SMILES string of the molecule is Cc1nonc1CSc1nnc(N)n1C. The zero-order chi connectivity index (χ0) is 10.8. The van der Waals surface area contributed by atoms with Gasteiger partial charge in [-0.1, -0.05) is 22.1 Å². The Morgan fingerprint density at radius 3 is 2.73 bits per heavy atom. The molecule has 0 radical (unpaired) electrons. The van der Waals surface area contributed by atoms with Crippen LogP contribution in [0, 0.1) is 6.92 Å². The van der Waals surface area contributed by atoms with Gasteiger partial charge >= 0.3 is 0 Å². The van der Waals surface area contributed by atoms with Crippen molar-refractivity contribution in [2.24, 2.45) is 7.05 Å². The third-order valence-electron chi connectivity index (χ3n) is 1.95. The molecule has 0 fully saturated rings. The predicted molar refractivity (Wildman–Crippen MR) is 54.0 cm³/mol. The fourth-order valence-corrected chi connectivity index (χ4v) is 1.88. The molecular formula is C7H10N6OS. The van der Waals surface area contributed by atoms with Crippen molar-refractivity contribution < 1.29 is 4.63 Å². The van der Waals surface area contributed by atoms with E-state index in [2.05, 4.69) is 25.1 Å². The van der Waals surface area contributed by atoms with E-state index in [-0.39, 0.29) is 0 Å². The van der Waals surface area contributed by atoms with E-state index in [0.29, 0.717) is 11.7 Å². The fraction of sp³-hybridized carbons (Fsp3) is 0.429. The van der Waals surface area contributed by atoms with Crippen LogP contribution in [0.3, 0.4) is 0 Å². The van der Waals surface area contributed by atoms with Crippen LogP contribution in [0.5, 0.6) is 0 Å². The molecule has 0 saturated heterocycles. The van der Waals surface area contributed by atoms with Crippen LogP contribution in [0.1, 0.15) is 11.4 Å². The largest absolute Gasteiger partial charge is 0.368 e. The van der Waals surface area contributed by atoms with Crippen molar-refractivity contribution in [3.63, 3.8) is 0 Å². The van der Waals surface area contributed by atoms with Gasteiger partial charge < -0.3 is 5.73 Å². The Bertz CT molecular complexity index is 464. The van der Waals surface area contributed by atoms with Gasteiger partial charge in [-0.15, -0.1) is 10.2 Å². The lowest BCUT2D eigenvalue weighted by atomic mass is 10.4. The third kappa shape index (κ3) is 1.94. The first-order valence-corrected chi connectivity index (χ1v) is 5.22. The van der Waals surface area contributed by atoms with E-state index in [1.165, 1.54) is 11.8 Å². The number of hydrogen-bond donors (Lipinski definition) is 1. The Morgan fingerprint density at radius 1 is 1.40 bits per heavy atom. The third-order valence-corrected chi connectivity index (χ3v) is 2.98. The number of hydrogen-bond acceptors (Lipinski definition) is 7. The minimum absolute atomic E-state index is 0.396. The summed E-state index contributed by atoms with van der Waals surface area (Å²) in [6.07, 6.45) is 0. The first-order valence-electron chi connectivity index (χ1n) is 4.24. The summed E-state index contributed by atoms with van der Waals surface area (Å²) in [7, 11) is 1.81. The van der Waals surface area contributed by atoms with Gasteiger partial charge in [0.05, 0.1) is 0 Å². The molecule has 80 valence electrons. The van der Waals surface area contributed by atoms with Crippen molar-refractivity contribution >= 4 is 17.7 Å². The molecule has 15 heavy (non-hydrogen) atoms. The van der Waals surface area contributed by atoms with Gasteiger partial charge in [-0.2, -0.15) is 0 Å². The van der Waals surface area contributed by atoms with Gasteiger partial charge in [0.25, 0.3) is 0 Å². The highest BCUT2D eigenvalue weighted by molar-refractivity contribution is 7.98. The van der Waals surface area contributed by atoms with E-state index in [1.807, 2.05) is 14.0 Å². The van der Waals surface area contributed by atoms with Gasteiger partial charge in [-0.25, -0.2) is 4.63 Å². The molecule has 0 aliphatic carbocycles. The summed E-state index contributed by atoms with van der Waals surface area (Å²) in [5.41, 5.74) is 7.15. The predicted octanol–water partition coefficient (Wildman–Crippen LogP) is 0.381. The number of anilines is 1. The van der Waals surface area contributed by atoms with Crippen molar-refractivity contribution in [1.82, 2.24) is 25.1 Å². The number of thioether (sulfide) groups is 1. The molecule has 0 bridgehead atoms. The van der Waals surface area contributed by atoms with Gasteiger partial charge in [0, 0.05) is 12.8 Å². The lowest BCUT2D eigenvalue weighted by Crippen LogP contribution is -1.98. The number of aromatic nitrogens is 5. The molecule has 0 spiro atoms. The highest BCUT2D eigenvalue weighted by atomic mass is 32.2. The first-order chi connectivity index (χ1) is 7.18. The van der Waals surface area contributed by atoms with E-state index in [9.17, 15) is 0 Å². The Labute approximate surface area is 90.0 Å². The minimum Gasteiger partial charge on any atom is -0.368 e. The molecule has 0 atom stereocenters. The van der Waals surface area contributed by atoms with E-state index >= 15 is 0 Å². The minimum atomic E-state index is 0.396. The number of nitrogen functional groups attached to an aromatic ring is 1. The molecule has 0 aromatic carbocycles. The lowest BCUT2D eigenvalue weighted by molar-refractivity contribution is 0.302. The molecular weight excluding hydrogens is 216 g/mol. The zero-order valence-electron chi connectivity index (χ0n) is 8.34. The van der Waals surface area contributed by atoms with Crippen molar-refractivity contribution in [2.75, 3.05) is 5.73 Å². The molecule has 0 unspecified atom stereocenters. The van der Waals surface area contributed by atoms with Crippen molar-refractivity contribution in [1.29, 1.82) is 0 Å². The van der Waals surface area contributed by atoms with Crippen molar-refractivity contribution in [3.05, 3.63) is 11.4 Å². The average Bonchev–Trinajstić information content (AvgIpc) is 2.74. The molecule has 0 saturated carbocycles. The standard InChI is InChI=1S/C7H10N6OS/c1-4-5(12-14-11-4)3-15-7-10-9-6(8)13(7)2/h3H2,1-2H3,(H2,8,9). The van der Waals surface area contributed by atoms with Crippen LogP contribution in [-0.2, 0) is 12.8 Å². The Morgan fingerprint density at radius 2 is 2.20 bits per heavy atom. The van der Waals surface area contributed by atoms with Crippen LogP contribution >= 0.6 is 11.8 Å². The van der Waals surface area contributed by atoms with E-state index in [0.717, 1.165) is 16.5 Å². The average molecular weight is 226 g/mol. The van der Waals surface area contributed by atoms with Crippen LogP contribution in [0.2, 0.25) is 0 Å². The molecule has 0 aliphatic rings. The Balaban J connectivity index is 2.05. The summed E-state index contributed by atoms with van der Waals surface area (Å²) >= 11 is 1.49. The van der Waals surface area contributed by atoms with Gasteiger partial charge in [0.2, 0.25) is 5.95 Å². The number of aryl methyl sites for hydroxylation is 1. The maximum atomic E-state index is 5.55. The second kappa shape index (κ2) is 3.89. The van der Waals surface area contributed by atoms with Crippen LogP contribution in [0.15, 0.2) is 9.79 Å². The molecule has 2 rings (SSSR count). The van der Waals surface area contributed by atoms with E-state index in [1.54, 1.807) is 4.57 Å². The molecule has 0 amide bonds. The van der Waals surface area contributed by atoms with Gasteiger partial charge in [-0.05, 0) is 6.92 Å². The number of nitrogens with zero attached hydrogens (tertiary/aromatic N) is 5. The number of rotatable bonds is 3. The molecule has 8 heteroatoms. The topological polar surface area (TPSA) is 95.7 Å². The van der Waals surface area contributed by atoms with E-state index in [4.69, 9.17) is 5.73 Å². The Kier molecular flexibility index (Phi) is 2.58. The van der Waals surface area contributed by atoms with Crippen molar-refractivity contribution in [3.8, 4) is 0 Å². The highest BCUT2D eigenvalue weighted by Crippen LogP contribution is 2.21. The Hall–Kier alpha value is -1.57. The monoisotopic (exact) mass is 226 g/mol. The number of nitrogens with two attached hydrogens (primary N) is 1. The summed E-state index contributed by atoms with van der Waals surface area (Å²) in [6.45, 7) is 1.84. The summed E-state index contributed by atoms with van der Waals surface area (Å²) in [5, 5.41) is 15.9. The summed E-state index contributed by atoms with van der Waals surface area (Å²) in [6, 6.07) is 0. The van der Waals surface area contributed by atoms with Crippen LogP contribution in [-0.4, -0.2) is 25.1 Å². The smallest absolute Gasteiger partial charge is 0.222 e. The van der Waals surface area contributed by atoms with Gasteiger partial charge in [0.15, 0.2) is 5.16 Å². The quantitative estimate of drug-likeness (QED) is 0.756. The molecule has 2 heterocycles. The van der Waals surface area contributed by atoms with E-state index < -0.39 is 0 Å². The second-order valence-corrected chi connectivity index (χ2v) is 3.93. The second-order valence-electron chi connectivity index (χ2n) is 2.98.